The lowest BCUT2D eigenvalue weighted by molar-refractivity contribution is 0.121. The molecule has 0 aromatic rings. The highest BCUT2D eigenvalue weighted by Crippen LogP contribution is 2.24. The molecule has 0 amide bonds. The molecule has 12 heavy (non-hydrogen) atoms. The number of nitrogens with one attached hydrogen (secondary N) is 1. The van der Waals surface area contributed by atoms with Gasteiger partial charge in [0, 0.05) is 19.8 Å². The van der Waals surface area contributed by atoms with Crippen molar-refractivity contribution in [3.63, 3.8) is 0 Å². The molecular formula is C10H21NO. The van der Waals surface area contributed by atoms with Crippen LogP contribution in [0.4, 0.5) is 0 Å². The van der Waals surface area contributed by atoms with Crippen LogP contribution >= 0.6 is 0 Å². The highest BCUT2D eigenvalue weighted by Gasteiger charge is 2.20. The van der Waals surface area contributed by atoms with Crippen molar-refractivity contribution in [3.05, 3.63) is 0 Å². The zero-order chi connectivity index (χ0) is 8.81. The van der Waals surface area contributed by atoms with E-state index in [4.69, 9.17) is 4.74 Å². The van der Waals surface area contributed by atoms with Gasteiger partial charge in [0.05, 0.1) is 0 Å². The lowest BCUT2D eigenvalue weighted by Crippen LogP contribution is -2.35. The van der Waals surface area contributed by atoms with Crippen molar-refractivity contribution in [2.45, 2.75) is 38.6 Å². The maximum absolute atomic E-state index is 5.18. The summed E-state index contributed by atoms with van der Waals surface area (Å²) in [6.07, 6.45) is 5.39. The zero-order valence-electron chi connectivity index (χ0n) is 8.31. The largest absolute Gasteiger partial charge is 0.384 e. The van der Waals surface area contributed by atoms with Crippen molar-refractivity contribution in [3.8, 4) is 0 Å². The minimum absolute atomic E-state index is 0.754. The van der Waals surface area contributed by atoms with Gasteiger partial charge in [0.25, 0.3) is 0 Å². The van der Waals surface area contributed by atoms with Crippen molar-refractivity contribution < 1.29 is 4.74 Å². The van der Waals surface area contributed by atoms with E-state index in [-0.39, 0.29) is 0 Å². The Balaban J connectivity index is 2.20. The summed E-state index contributed by atoms with van der Waals surface area (Å²) in [5, 5.41) is 3.52. The second-order valence-electron chi connectivity index (χ2n) is 3.74. The molecule has 1 fully saturated rings. The second-order valence-corrected chi connectivity index (χ2v) is 3.74. The highest BCUT2D eigenvalue weighted by molar-refractivity contribution is 4.77. The summed E-state index contributed by atoms with van der Waals surface area (Å²) in [4.78, 5) is 0. The maximum Gasteiger partial charge on any atom is 0.0491 e. The lowest BCUT2D eigenvalue weighted by Gasteiger charge is -2.29. The van der Waals surface area contributed by atoms with E-state index in [9.17, 15) is 0 Å². The predicted molar refractivity (Wildman–Crippen MR) is 51.3 cm³/mol. The van der Waals surface area contributed by atoms with Crippen molar-refractivity contribution >= 4 is 0 Å². The van der Waals surface area contributed by atoms with E-state index in [1.807, 2.05) is 0 Å². The Bertz CT molecular complexity index is 100. The number of hydrogen-bond donors (Lipinski definition) is 1. The van der Waals surface area contributed by atoms with E-state index >= 15 is 0 Å². The van der Waals surface area contributed by atoms with E-state index in [0.29, 0.717) is 0 Å². The van der Waals surface area contributed by atoms with Gasteiger partial charge < -0.3 is 10.1 Å². The molecule has 1 saturated carbocycles. The first-order chi connectivity index (χ1) is 5.86. The fraction of sp³-hybridized carbons (Fsp3) is 1.00. The number of rotatable bonds is 4. The summed E-state index contributed by atoms with van der Waals surface area (Å²) in [6, 6.07) is 0.754. The summed E-state index contributed by atoms with van der Waals surface area (Å²) in [7, 11) is 1.80. The fourth-order valence-electron chi connectivity index (χ4n) is 2.15. The van der Waals surface area contributed by atoms with Gasteiger partial charge >= 0.3 is 0 Å². The average Bonchev–Trinajstić information content (AvgIpc) is 2.06. The molecule has 0 spiro atoms. The van der Waals surface area contributed by atoms with Gasteiger partial charge in [-0.25, -0.2) is 0 Å². The van der Waals surface area contributed by atoms with Gasteiger partial charge in [0.1, 0.15) is 0 Å². The molecule has 2 nitrogen and oxygen atoms in total. The molecular weight excluding hydrogens is 150 g/mol. The number of hydrogen-bond acceptors (Lipinski definition) is 2. The average molecular weight is 171 g/mol. The van der Waals surface area contributed by atoms with Crippen molar-refractivity contribution in [2.24, 2.45) is 5.92 Å². The molecule has 1 rings (SSSR count). The number of methoxy groups -OCH3 is 1. The standard InChI is InChI=1S/C10H21NO/c1-3-11-10-6-4-5-9(7-10)8-12-2/h9-11H,3-8H2,1-2H3. The minimum atomic E-state index is 0.754. The molecule has 0 heterocycles. The summed E-state index contributed by atoms with van der Waals surface area (Å²) >= 11 is 0. The Morgan fingerprint density at radius 3 is 2.92 bits per heavy atom. The van der Waals surface area contributed by atoms with Crippen LogP contribution in [0.1, 0.15) is 32.6 Å². The monoisotopic (exact) mass is 171 g/mol. The third kappa shape index (κ3) is 3.11. The lowest BCUT2D eigenvalue weighted by atomic mass is 9.86. The molecule has 72 valence electrons. The van der Waals surface area contributed by atoms with Crippen LogP contribution in [0, 0.1) is 5.92 Å². The molecule has 0 bridgehead atoms. The molecule has 0 aromatic heterocycles. The highest BCUT2D eigenvalue weighted by atomic mass is 16.5. The van der Waals surface area contributed by atoms with E-state index in [1.165, 1.54) is 25.7 Å². The van der Waals surface area contributed by atoms with Gasteiger partial charge in [-0.2, -0.15) is 0 Å². The van der Waals surface area contributed by atoms with E-state index in [0.717, 1.165) is 25.1 Å². The molecule has 1 N–H and O–H groups in total. The smallest absolute Gasteiger partial charge is 0.0491 e. The van der Waals surface area contributed by atoms with Crippen LogP contribution in [-0.4, -0.2) is 26.3 Å². The maximum atomic E-state index is 5.18. The molecule has 0 radical (unpaired) electrons. The van der Waals surface area contributed by atoms with Gasteiger partial charge in [0.2, 0.25) is 0 Å². The van der Waals surface area contributed by atoms with Crippen LogP contribution in [0.5, 0.6) is 0 Å². The Morgan fingerprint density at radius 1 is 1.42 bits per heavy atom. The summed E-state index contributed by atoms with van der Waals surface area (Å²) in [5.41, 5.74) is 0. The van der Waals surface area contributed by atoms with Gasteiger partial charge in [-0.1, -0.05) is 13.3 Å². The first kappa shape index (κ1) is 10.0. The van der Waals surface area contributed by atoms with Gasteiger partial charge in [-0.15, -0.1) is 0 Å². The SMILES string of the molecule is CCNC1CCCC(COC)C1. The van der Waals surface area contributed by atoms with Crippen LogP contribution in [0.15, 0.2) is 0 Å². The Labute approximate surface area is 75.7 Å². The Morgan fingerprint density at radius 2 is 2.25 bits per heavy atom. The van der Waals surface area contributed by atoms with Crippen molar-refractivity contribution in [1.29, 1.82) is 0 Å². The fourth-order valence-corrected chi connectivity index (χ4v) is 2.15. The van der Waals surface area contributed by atoms with Crippen molar-refractivity contribution in [2.75, 3.05) is 20.3 Å². The van der Waals surface area contributed by atoms with Crippen LogP contribution in [0.25, 0.3) is 0 Å². The molecule has 0 saturated heterocycles. The van der Waals surface area contributed by atoms with Crippen molar-refractivity contribution in [1.82, 2.24) is 5.32 Å². The summed E-state index contributed by atoms with van der Waals surface area (Å²) in [5.74, 6) is 0.799. The third-order valence-corrected chi connectivity index (χ3v) is 2.68. The molecule has 2 atom stereocenters. The first-order valence-corrected chi connectivity index (χ1v) is 5.09. The van der Waals surface area contributed by atoms with Gasteiger partial charge in [-0.05, 0) is 31.7 Å². The van der Waals surface area contributed by atoms with Crippen LogP contribution in [-0.2, 0) is 4.74 Å². The Hall–Kier alpha value is -0.0800. The second kappa shape index (κ2) is 5.55. The zero-order valence-corrected chi connectivity index (χ0v) is 8.31. The van der Waals surface area contributed by atoms with Crippen LogP contribution < -0.4 is 5.32 Å². The normalized spacial score (nSPS) is 30.5. The number of ether oxygens (including phenoxy) is 1. The molecule has 1 aliphatic rings. The molecule has 0 aromatic carbocycles. The first-order valence-electron chi connectivity index (χ1n) is 5.09. The topological polar surface area (TPSA) is 21.3 Å². The van der Waals surface area contributed by atoms with Gasteiger partial charge in [-0.3, -0.25) is 0 Å². The summed E-state index contributed by atoms with van der Waals surface area (Å²) in [6.45, 7) is 4.23. The molecule has 2 unspecified atom stereocenters. The predicted octanol–water partition coefficient (Wildman–Crippen LogP) is 1.80. The van der Waals surface area contributed by atoms with E-state index in [1.54, 1.807) is 7.11 Å². The molecule has 0 aliphatic heterocycles. The third-order valence-electron chi connectivity index (χ3n) is 2.68. The van der Waals surface area contributed by atoms with Crippen LogP contribution in [0.2, 0.25) is 0 Å². The van der Waals surface area contributed by atoms with E-state index < -0.39 is 0 Å². The minimum Gasteiger partial charge on any atom is -0.384 e. The summed E-state index contributed by atoms with van der Waals surface area (Å²) < 4.78 is 5.18. The van der Waals surface area contributed by atoms with E-state index in [2.05, 4.69) is 12.2 Å². The van der Waals surface area contributed by atoms with Crippen LogP contribution in [0.3, 0.4) is 0 Å². The van der Waals surface area contributed by atoms with Gasteiger partial charge in [0.15, 0.2) is 0 Å². The molecule has 2 heteroatoms. The Kier molecular flexibility index (Phi) is 4.62. The quantitative estimate of drug-likeness (QED) is 0.696. The molecule has 1 aliphatic carbocycles.